The molecule has 0 atom stereocenters. The fourth-order valence-electron chi connectivity index (χ4n) is 2.10. The molecule has 0 fully saturated rings. The number of fused-ring (bicyclic) bond motifs is 1. The third-order valence-electron chi connectivity index (χ3n) is 2.78. The summed E-state index contributed by atoms with van der Waals surface area (Å²) in [5.41, 5.74) is 3.00. The molecule has 2 rings (SSSR count). The van der Waals surface area contributed by atoms with Crippen molar-refractivity contribution in [2.24, 2.45) is 7.05 Å². The highest BCUT2D eigenvalue weighted by Crippen LogP contribution is 2.30. The Balaban J connectivity index is 2.97. The standard InChI is InChI=1S/C12H12BrNO/c1-3-11-9(7-15)8-5-4-6-10(13)12(8)14(11)2/h4-7H,3H2,1-2H3. The van der Waals surface area contributed by atoms with Crippen molar-refractivity contribution >= 4 is 33.1 Å². The first-order valence-corrected chi connectivity index (χ1v) is 5.71. The van der Waals surface area contributed by atoms with Gasteiger partial charge in [0.1, 0.15) is 0 Å². The largest absolute Gasteiger partial charge is 0.346 e. The number of rotatable bonds is 2. The highest BCUT2D eigenvalue weighted by atomic mass is 79.9. The number of halogens is 1. The summed E-state index contributed by atoms with van der Waals surface area (Å²) in [6, 6.07) is 5.94. The second-order valence-corrected chi connectivity index (χ2v) is 4.38. The van der Waals surface area contributed by atoms with Crippen LogP contribution < -0.4 is 0 Å². The van der Waals surface area contributed by atoms with Crippen molar-refractivity contribution < 1.29 is 4.79 Å². The molecule has 1 aromatic carbocycles. The lowest BCUT2D eigenvalue weighted by Gasteiger charge is -2.02. The SMILES string of the molecule is CCc1c(C=O)c2cccc(Br)c2n1C. The summed E-state index contributed by atoms with van der Waals surface area (Å²) in [4.78, 5) is 11.1. The molecule has 1 aromatic heterocycles. The molecule has 3 heteroatoms. The van der Waals surface area contributed by atoms with Gasteiger partial charge >= 0.3 is 0 Å². The smallest absolute Gasteiger partial charge is 0.152 e. The predicted octanol–water partition coefficient (Wildman–Crippen LogP) is 3.32. The Morgan fingerprint density at radius 3 is 2.80 bits per heavy atom. The zero-order valence-corrected chi connectivity index (χ0v) is 10.3. The maximum atomic E-state index is 11.1. The molecule has 0 bridgehead atoms. The topological polar surface area (TPSA) is 22.0 Å². The first kappa shape index (κ1) is 10.4. The van der Waals surface area contributed by atoms with Crippen molar-refractivity contribution in [2.75, 3.05) is 0 Å². The average molecular weight is 266 g/mol. The van der Waals surface area contributed by atoms with Gasteiger partial charge in [-0.3, -0.25) is 4.79 Å². The van der Waals surface area contributed by atoms with Crippen LogP contribution in [-0.2, 0) is 13.5 Å². The van der Waals surface area contributed by atoms with Crippen LogP contribution in [0.4, 0.5) is 0 Å². The molecule has 2 nitrogen and oxygen atoms in total. The van der Waals surface area contributed by atoms with E-state index in [0.717, 1.165) is 39.3 Å². The molecular weight excluding hydrogens is 254 g/mol. The van der Waals surface area contributed by atoms with E-state index in [9.17, 15) is 4.79 Å². The van der Waals surface area contributed by atoms with E-state index in [1.165, 1.54) is 0 Å². The zero-order valence-electron chi connectivity index (χ0n) is 8.75. The Morgan fingerprint density at radius 1 is 1.47 bits per heavy atom. The highest BCUT2D eigenvalue weighted by molar-refractivity contribution is 9.10. The van der Waals surface area contributed by atoms with Gasteiger partial charge in [0, 0.05) is 28.2 Å². The Kier molecular flexibility index (Phi) is 2.65. The normalized spacial score (nSPS) is 10.9. The maximum Gasteiger partial charge on any atom is 0.152 e. The number of nitrogens with zero attached hydrogens (tertiary/aromatic N) is 1. The Hall–Kier alpha value is -1.09. The molecule has 78 valence electrons. The van der Waals surface area contributed by atoms with Crippen LogP contribution in [0.2, 0.25) is 0 Å². The van der Waals surface area contributed by atoms with Gasteiger partial charge in [-0.25, -0.2) is 0 Å². The van der Waals surface area contributed by atoms with Gasteiger partial charge in [-0.2, -0.15) is 0 Å². The van der Waals surface area contributed by atoms with Gasteiger partial charge in [0.15, 0.2) is 6.29 Å². The van der Waals surface area contributed by atoms with Crippen LogP contribution in [0.15, 0.2) is 22.7 Å². The number of aryl methyl sites for hydroxylation is 1. The maximum absolute atomic E-state index is 11.1. The van der Waals surface area contributed by atoms with Crippen LogP contribution in [-0.4, -0.2) is 10.9 Å². The minimum absolute atomic E-state index is 0.816. The van der Waals surface area contributed by atoms with E-state index in [1.54, 1.807) is 0 Å². The minimum Gasteiger partial charge on any atom is -0.346 e. The van der Waals surface area contributed by atoms with E-state index < -0.39 is 0 Å². The second kappa shape index (κ2) is 3.81. The summed E-state index contributed by atoms with van der Waals surface area (Å²) >= 11 is 3.52. The van der Waals surface area contributed by atoms with Crippen molar-refractivity contribution in [3.63, 3.8) is 0 Å². The quantitative estimate of drug-likeness (QED) is 0.764. The van der Waals surface area contributed by atoms with Crippen LogP contribution in [0.5, 0.6) is 0 Å². The number of hydrogen-bond acceptors (Lipinski definition) is 1. The fourth-order valence-corrected chi connectivity index (χ4v) is 2.74. The van der Waals surface area contributed by atoms with E-state index in [0.29, 0.717) is 0 Å². The van der Waals surface area contributed by atoms with Crippen LogP contribution in [0, 0.1) is 0 Å². The number of para-hydroxylation sites is 1. The van der Waals surface area contributed by atoms with Gasteiger partial charge in [0.05, 0.1) is 5.52 Å². The van der Waals surface area contributed by atoms with Gasteiger partial charge in [-0.1, -0.05) is 19.1 Å². The van der Waals surface area contributed by atoms with E-state index >= 15 is 0 Å². The van der Waals surface area contributed by atoms with E-state index in [1.807, 2.05) is 25.2 Å². The number of aldehydes is 1. The highest BCUT2D eigenvalue weighted by Gasteiger charge is 2.14. The minimum atomic E-state index is 0.816. The van der Waals surface area contributed by atoms with Gasteiger partial charge < -0.3 is 4.57 Å². The molecule has 0 amide bonds. The van der Waals surface area contributed by atoms with Crippen molar-refractivity contribution in [3.8, 4) is 0 Å². The summed E-state index contributed by atoms with van der Waals surface area (Å²) in [5.74, 6) is 0. The van der Waals surface area contributed by atoms with Crippen molar-refractivity contribution in [3.05, 3.63) is 33.9 Å². The lowest BCUT2D eigenvalue weighted by Crippen LogP contribution is -1.96. The molecule has 0 aliphatic heterocycles. The molecule has 0 unspecified atom stereocenters. The van der Waals surface area contributed by atoms with Crippen LogP contribution in [0.3, 0.4) is 0 Å². The van der Waals surface area contributed by atoms with Gasteiger partial charge in [0.25, 0.3) is 0 Å². The number of hydrogen-bond donors (Lipinski definition) is 0. The summed E-state index contributed by atoms with van der Waals surface area (Å²) in [5, 5.41) is 1.03. The summed E-state index contributed by atoms with van der Waals surface area (Å²) < 4.78 is 3.12. The summed E-state index contributed by atoms with van der Waals surface area (Å²) in [6.07, 6.45) is 1.82. The third kappa shape index (κ3) is 1.42. The molecule has 0 spiro atoms. The molecule has 0 aliphatic rings. The van der Waals surface area contributed by atoms with E-state index in [4.69, 9.17) is 0 Å². The van der Waals surface area contributed by atoms with Crippen LogP contribution in [0.25, 0.3) is 10.9 Å². The second-order valence-electron chi connectivity index (χ2n) is 3.53. The lowest BCUT2D eigenvalue weighted by molar-refractivity contribution is 0.112. The first-order chi connectivity index (χ1) is 7.20. The first-order valence-electron chi connectivity index (χ1n) is 4.91. The van der Waals surface area contributed by atoms with Crippen molar-refractivity contribution in [2.45, 2.75) is 13.3 Å². The van der Waals surface area contributed by atoms with E-state index in [2.05, 4.69) is 27.4 Å². The van der Waals surface area contributed by atoms with E-state index in [-0.39, 0.29) is 0 Å². The Bertz CT molecular complexity index is 528. The molecule has 0 N–H and O–H groups in total. The Morgan fingerprint density at radius 2 is 2.20 bits per heavy atom. The summed E-state index contributed by atoms with van der Waals surface area (Å²) in [6.45, 7) is 2.06. The molecule has 1 heterocycles. The average Bonchev–Trinajstić information content (AvgIpc) is 2.52. The molecule has 0 saturated carbocycles. The molecule has 0 saturated heterocycles. The molecule has 0 aliphatic carbocycles. The Labute approximate surface area is 97.0 Å². The van der Waals surface area contributed by atoms with Gasteiger partial charge in [0.2, 0.25) is 0 Å². The number of aromatic nitrogens is 1. The predicted molar refractivity (Wildman–Crippen MR) is 65.4 cm³/mol. The zero-order chi connectivity index (χ0) is 11.0. The van der Waals surface area contributed by atoms with Crippen LogP contribution >= 0.6 is 15.9 Å². The summed E-state index contributed by atoms with van der Waals surface area (Å²) in [7, 11) is 2.00. The molecule has 0 radical (unpaired) electrons. The van der Waals surface area contributed by atoms with Gasteiger partial charge in [-0.05, 0) is 28.4 Å². The molecular formula is C12H12BrNO. The third-order valence-corrected chi connectivity index (χ3v) is 3.42. The molecule has 2 aromatic rings. The van der Waals surface area contributed by atoms with Crippen molar-refractivity contribution in [1.29, 1.82) is 0 Å². The monoisotopic (exact) mass is 265 g/mol. The number of carbonyl (C=O) groups is 1. The van der Waals surface area contributed by atoms with Crippen LogP contribution in [0.1, 0.15) is 23.0 Å². The molecule has 15 heavy (non-hydrogen) atoms. The number of carbonyl (C=O) groups excluding carboxylic acids is 1. The lowest BCUT2D eigenvalue weighted by atomic mass is 10.1. The number of benzene rings is 1. The van der Waals surface area contributed by atoms with Crippen molar-refractivity contribution in [1.82, 2.24) is 4.57 Å². The fraction of sp³-hybridized carbons (Fsp3) is 0.250. The van der Waals surface area contributed by atoms with Gasteiger partial charge in [-0.15, -0.1) is 0 Å².